The smallest absolute Gasteiger partial charge is 0.319 e. The zero-order valence-electron chi connectivity index (χ0n) is 11.3. The van der Waals surface area contributed by atoms with E-state index in [4.69, 9.17) is 11.6 Å². The van der Waals surface area contributed by atoms with E-state index in [2.05, 4.69) is 10.6 Å². The van der Waals surface area contributed by atoms with Crippen molar-refractivity contribution in [3.05, 3.63) is 64.7 Å². The van der Waals surface area contributed by atoms with Gasteiger partial charge in [-0.05, 0) is 18.2 Å². The lowest BCUT2D eigenvalue weighted by atomic mass is 10.1. The topological polar surface area (TPSA) is 61.4 Å². The molecular formula is C15H13ClF2N2O2. The van der Waals surface area contributed by atoms with E-state index < -0.39 is 23.8 Å². The second-order valence-corrected chi connectivity index (χ2v) is 4.94. The van der Waals surface area contributed by atoms with E-state index in [1.807, 2.05) is 0 Å². The maximum absolute atomic E-state index is 13.0. The lowest BCUT2D eigenvalue weighted by Crippen LogP contribution is -2.32. The Hall–Kier alpha value is -2.18. The predicted octanol–water partition coefficient (Wildman–Crippen LogP) is 3.47. The Bertz CT molecular complexity index is 662. The first kappa shape index (κ1) is 16.2. The number of carbonyl (C=O) groups is 1. The minimum Gasteiger partial charge on any atom is -0.387 e. The Morgan fingerprint density at radius 1 is 1.18 bits per heavy atom. The standard InChI is InChI=1S/C15H13ClF2N2O2/c16-13-4-2-1-3-12(13)14(21)8-19-15(22)20-11-6-9(17)5-10(18)7-11/h1-7,14,21H,8H2,(H2,19,20,22). The van der Waals surface area contributed by atoms with E-state index in [0.29, 0.717) is 16.7 Å². The van der Waals surface area contributed by atoms with Gasteiger partial charge in [-0.3, -0.25) is 0 Å². The number of rotatable bonds is 4. The van der Waals surface area contributed by atoms with E-state index >= 15 is 0 Å². The van der Waals surface area contributed by atoms with Crippen LogP contribution < -0.4 is 10.6 Å². The summed E-state index contributed by atoms with van der Waals surface area (Å²) >= 11 is 5.93. The van der Waals surface area contributed by atoms with E-state index in [-0.39, 0.29) is 12.2 Å². The molecule has 0 fully saturated rings. The monoisotopic (exact) mass is 326 g/mol. The van der Waals surface area contributed by atoms with Crippen molar-refractivity contribution in [3.8, 4) is 0 Å². The number of aliphatic hydroxyl groups excluding tert-OH is 1. The van der Waals surface area contributed by atoms with Crippen molar-refractivity contribution in [2.24, 2.45) is 0 Å². The quantitative estimate of drug-likeness (QED) is 0.805. The summed E-state index contributed by atoms with van der Waals surface area (Å²) in [5.74, 6) is -1.60. The van der Waals surface area contributed by atoms with Crippen LogP contribution in [0.25, 0.3) is 0 Å². The first-order chi connectivity index (χ1) is 10.5. The van der Waals surface area contributed by atoms with E-state index in [9.17, 15) is 18.7 Å². The van der Waals surface area contributed by atoms with Gasteiger partial charge >= 0.3 is 6.03 Å². The molecule has 0 saturated carbocycles. The molecule has 0 radical (unpaired) electrons. The molecule has 2 aromatic carbocycles. The minimum absolute atomic E-state index is 0.0257. The summed E-state index contributed by atoms with van der Waals surface area (Å²) in [4.78, 5) is 11.6. The van der Waals surface area contributed by atoms with Crippen molar-refractivity contribution in [2.45, 2.75) is 6.10 Å². The van der Waals surface area contributed by atoms with Gasteiger partial charge in [0, 0.05) is 28.9 Å². The molecule has 0 aromatic heterocycles. The molecule has 0 heterocycles. The third-order valence-electron chi connectivity index (χ3n) is 2.84. The summed E-state index contributed by atoms with van der Waals surface area (Å²) in [6.45, 7) is -0.104. The van der Waals surface area contributed by atoms with Crippen molar-refractivity contribution < 1.29 is 18.7 Å². The Kier molecular flexibility index (Phi) is 5.30. The summed E-state index contributed by atoms with van der Waals surface area (Å²) in [5, 5.41) is 15.0. The number of benzene rings is 2. The number of hydrogen-bond acceptors (Lipinski definition) is 2. The minimum atomic E-state index is -0.997. The maximum Gasteiger partial charge on any atom is 0.319 e. The molecule has 0 spiro atoms. The second-order valence-electron chi connectivity index (χ2n) is 4.53. The number of carbonyl (C=O) groups excluding carboxylic acids is 1. The van der Waals surface area contributed by atoms with Crippen LogP contribution in [0.4, 0.5) is 19.3 Å². The van der Waals surface area contributed by atoms with Crippen LogP contribution in [-0.4, -0.2) is 17.7 Å². The van der Waals surface area contributed by atoms with Crippen molar-refractivity contribution in [2.75, 3.05) is 11.9 Å². The molecule has 2 aromatic rings. The van der Waals surface area contributed by atoms with Crippen LogP contribution in [0.5, 0.6) is 0 Å². The molecular weight excluding hydrogens is 314 g/mol. The maximum atomic E-state index is 13.0. The fraction of sp³-hybridized carbons (Fsp3) is 0.133. The molecule has 1 unspecified atom stereocenters. The van der Waals surface area contributed by atoms with Gasteiger partial charge in [-0.2, -0.15) is 0 Å². The van der Waals surface area contributed by atoms with Gasteiger partial charge in [0.25, 0.3) is 0 Å². The third kappa shape index (κ3) is 4.41. The summed E-state index contributed by atoms with van der Waals surface area (Å²) in [7, 11) is 0. The molecule has 0 aliphatic carbocycles. The van der Waals surface area contributed by atoms with Crippen LogP contribution in [0.3, 0.4) is 0 Å². The average molecular weight is 327 g/mol. The van der Waals surface area contributed by atoms with Gasteiger partial charge in [0.2, 0.25) is 0 Å². The lowest BCUT2D eigenvalue weighted by molar-refractivity contribution is 0.175. The average Bonchev–Trinajstić information content (AvgIpc) is 2.44. The first-order valence-corrected chi connectivity index (χ1v) is 6.77. The van der Waals surface area contributed by atoms with Crippen molar-refractivity contribution in [1.29, 1.82) is 0 Å². The van der Waals surface area contributed by atoms with Crippen LogP contribution in [0.2, 0.25) is 5.02 Å². The summed E-state index contributed by atoms with van der Waals surface area (Å²) in [5.41, 5.74) is 0.448. The molecule has 0 aliphatic heterocycles. The molecule has 0 saturated heterocycles. The summed E-state index contributed by atoms with van der Waals surface area (Å²) in [6.07, 6.45) is -0.997. The van der Waals surface area contributed by atoms with Gasteiger partial charge in [-0.25, -0.2) is 13.6 Å². The van der Waals surface area contributed by atoms with E-state index in [0.717, 1.165) is 12.1 Å². The highest BCUT2D eigenvalue weighted by Gasteiger charge is 2.12. The Balaban J connectivity index is 1.91. The van der Waals surface area contributed by atoms with Crippen LogP contribution in [0.15, 0.2) is 42.5 Å². The molecule has 4 nitrogen and oxygen atoms in total. The second kappa shape index (κ2) is 7.20. The van der Waals surface area contributed by atoms with Gasteiger partial charge in [0.05, 0.1) is 6.10 Å². The number of halogens is 3. The fourth-order valence-corrected chi connectivity index (χ4v) is 2.11. The van der Waals surface area contributed by atoms with Crippen molar-refractivity contribution >= 4 is 23.3 Å². The number of amides is 2. The molecule has 0 aliphatic rings. The van der Waals surface area contributed by atoms with Gasteiger partial charge < -0.3 is 15.7 Å². The molecule has 2 rings (SSSR count). The Labute approximate surface area is 130 Å². The Morgan fingerprint density at radius 2 is 1.82 bits per heavy atom. The molecule has 0 bridgehead atoms. The summed E-state index contributed by atoms with van der Waals surface area (Å²) in [6, 6.07) is 8.64. The molecule has 3 N–H and O–H groups in total. The number of urea groups is 1. The number of hydrogen-bond donors (Lipinski definition) is 3. The van der Waals surface area contributed by atoms with Crippen LogP contribution >= 0.6 is 11.6 Å². The Morgan fingerprint density at radius 3 is 2.45 bits per heavy atom. The predicted molar refractivity (Wildman–Crippen MR) is 79.8 cm³/mol. The van der Waals surface area contributed by atoms with Gasteiger partial charge in [-0.15, -0.1) is 0 Å². The van der Waals surface area contributed by atoms with Gasteiger partial charge in [-0.1, -0.05) is 29.8 Å². The fourth-order valence-electron chi connectivity index (χ4n) is 1.85. The first-order valence-electron chi connectivity index (χ1n) is 6.39. The van der Waals surface area contributed by atoms with Gasteiger partial charge in [0.1, 0.15) is 11.6 Å². The van der Waals surface area contributed by atoms with E-state index in [1.54, 1.807) is 24.3 Å². The van der Waals surface area contributed by atoms with Crippen LogP contribution in [0, 0.1) is 11.6 Å². The number of anilines is 1. The van der Waals surface area contributed by atoms with Crippen LogP contribution in [0.1, 0.15) is 11.7 Å². The highest BCUT2D eigenvalue weighted by atomic mass is 35.5. The SMILES string of the molecule is O=C(NCC(O)c1ccccc1Cl)Nc1cc(F)cc(F)c1. The number of aliphatic hydroxyl groups is 1. The molecule has 22 heavy (non-hydrogen) atoms. The molecule has 1 atom stereocenters. The molecule has 7 heteroatoms. The van der Waals surface area contributed by atoms with Gasteiger partial charge in [0.15, 0.2) is 0 Å². The zero-order chi connectivity index (χ0) is 16.1. The van der Waals surface area contributed by atoms with Crippen molar-refractivity contribution in [3.63, 3.8) is 0 Å². The molecule has 2 amide bonds. The summed E-state index contributed by atoms with van der Waals surface area (Å²) < 4.78 is 26.0. The lowest BCUT2D eigenvalue weighted by Gasteiger charge is -2.14. The zero-order valence-corrected chi connectivity index (χ0v) is 12.1. The van der Waals surface area contributed by atoms with E-state index in [1.165, 1.54) is 0 Å². The number of nitrogens with one attached hydrogen (secondary N) is 2. The normalized spacial score (nSPS) is 11.8. The highest BCUT2D eigenvalue weighted by molar-refractivity contribution is 6.31. The van der Waals surface area contributed by atoms with Crippen LogP contribution in [-0.2, 0) is 0 Å². The van der Waals surface area contributed by atoms with Crippen molar-refractivity contribution in [1.82, 2.24) is 5.32 Å². The largest absolute Gasteiger partial charge is 0.387 e. The molecule has 116 valence electrons. The highest BCUT2D eigenvalue weighted by Crippen LogP contribution is 2.21. The third-order valence-corrected chi connectivity index (χ3v) is 3.18.